The minimum absolute atomic E-state index is 0.0237. The van der Waals surface area contributed by atoms with Gasteiger partial charge in [-0.2, -0.15) is 0 Å². The summed E-state index contributed by atoms with van der Waals surface area (Å²) in [5, 5.41) is 1.20. The van der Waals surface area contributed by atoms with Gasteiger partial charge < -0.3 is 0 Å². The summed E-state index contributed by atoms with van der Waals surface area (Å²) in [6, 6.07) is 22.2. The van der Waals surface area contributed by atoms with Crippen LogP contribution in [0.1, 0.15) is 40.9 Å². The molecule has 0 N–H and O–H groups in total. The summed E-state index contributed by atoms with van der Waals surface area (Å²) in [6.07, 6.45) is 0. The Morgan fingerprint density at radius 2 is 1.74 bits per heavy atom. The van der Waals surface area contributed by atoms with Crippen molar-refractivity contribution in [2.24, 2.45) is 0 Å². The van der Waals surface area contributed by atoms with Gasteiger partial charge in [-0.15, -0.1) is 11.8 Å². The summed E-state index contributed by atoms with van der Waals surface area (Å²) < 4.78 is 1.14. The molecule has 0 aliphatic carbocycles. The first-order chi connectivity index (χ1) is 14.9. The van der Waals surface area contributed by atoms with E-state index < -0.39 is 0 Å². The van der Waals surface area contributed by atoms with Crippen LogP contribution < -0.4 is 4.90 Å². The van der Waals surface area contributed by atoms with E-state index in [0.29, 0.717) is 17.4 Å². The Hall–Kier alpha value is -2.63. The predicted molar refractivity (Wildman–Crippen MR) is 133 cm³/mol. The van der Waals surface area contributed by atoms with Crippen molar-refractivity contribution in [3.63, 3.8) is 0 Å². The van der Waals surface area contributed by atoms with Crippen molar-refractivity contribution in [3.05, 3.63) is 89.0 Å². The molecule has 0 spiro atoms. The Morgan fingerprint density at radius 3 is 2.45 bits per heavy atom. The third-order valence-corrected chi connectivity index (χ3v) is 7.25. The molecule has 1 aromatic heterocycles. The van der Waals surface area contributed by atoms with Gasteiger partial charge in [-0.1, -0.05) is 73.7 Å². The van der Waals surface area contributed by atoms with Crippen LogP contribution in [0.4, 0.5) is 5.13 Å². The Balaban J connectivity index is 1.77. The Labute approximate surface area is 192 Å². The number of hydrogen-bond acceptors (Lipinski definition) is 4. The van der Waals surface area contributed by atoms with E-state index >= 15 is 0 Å². The fourth-order valence-electron chi connectivity index (χ4n) is 3.49. The monoisotopic (exact) mass is 446 g/mol. The number of hydrogen-bond donors (Lipinski definition) is 0. The first-order valence-electron chi connectivity index (χ1n) is 10.4. The van der Waals surface area contributed by atoms with Crippen molar-refractivity contribution in [3.8, 4) is 0 Å². The summed E-state index contributed by atoms with van der Waals surface area (Å²) in [5.41, 5.74) is 5.07. The lowest BCUT2D eigenvalue weighted by atomic mass is 10.1. The molecule has 0 saturated carbocycles. The number of carbonyl (C=O) groups is 1. The molecule has 0 aliphatic heterocycles. The maximum atomic E-state index is 13.7. The number of thiazole rings is 1. The van der Waals surface area contributed by atoms with E-state index in [2.05, 4.69) is 58.0 Å². The van der Waals surface area contributed by atoms with Gasteiger partial charge in [-0.3, -0.25) is 9.69 Å². The third-order valence-electron chi connectivity index (χ3n) is 5.04. The van der Waals surface area contributed by atoms with E-state index in [9.17, 15) is 4.79 Å². The lowest BCUT2D eigenvalue weighted by molar-refractivity contribution is 0.0985. The smallest absolute Gasteiger partial charge is 0.260 e. The highest BCUT2D eigenvalue weighted by molar-refractivity contribution is 7.99. The number of amides is 1. The van der Waals surface area contributed by atoms with Crippen molar-refractivity contribution >= 4 is 44.4 Å². The number of nitrogens with zero attached hydrogens (tertiary/aromatic N) is 2. The van der Waals surface area contributed by atoms with Crippen molar-refractivity contribution in [1.29, 1.82) is 0 Å². The van der Waals surface area contributed by atoms with Crippen LogP contribution in [-0.4, -0.2) is 16.1 Å². The number of fused-ring (bicyclic) bond motifs is 1. The molecule has 0 aliphatic rings. The SMILES string of the molecule is Cc1ccc(C)c2sc(N(Cc3ccccc3)C(=O)c3cccc(SC(C)C)c3)nc12. The zero-order valence-electron chi connectivity index (χ0n) is 18.3. The van der Waals surface area contributed by atoms with E-state index in [1.165, 1.54) is 5.56 Å². The van der Waals surface area contributed by atoms with Crippen molar-refractivity contribution in [2.45, 2.75) is 44.4 Å². The van der Waals surface area contributed by atoms with Crippen LogP contribution in [-0.2, 0) is 6.54 Å². The fourth-order valence-corrected chi connectivity index (χ4v) is 5.49. The van der Waals surface area contributed by atoms with E-state index in [4.69, 9.17) is 4.98 Å². The number of carbonyl (C=O) groups excluding carboxylic acids is 1. The van der Waals surface area contributed by atoms with Gasteiger partial charge in [0.1, 0.15) is 0 Å². The lowest BCUT2D eigenvalue weighted by Gasteiger charge is -2.20. The zero-order chi connectivity index (χ0) is 22.0. The normalized spacial score (nSPS) is 11.3. The Bertz CT molecular complexity index is 1180. The topological polar surface area (TPSA) is 33.2 Å². The average Bonchev–Trinajstić information content (AvgIpc) is 3.21. The second-order valence-corrected chi connectivity index (χ2v) is 10.6. The summed E-state index contributed by atoms with van der Waals surface area (Å²) in [7, 11) is 0. The number of anilines is 1. The molecule has 31 heavy (non-hydrogen) atoms. The first-order valence-corrected chi connectivity index (χ1v) is 12.1. The Kier molecular flexibility index (Phi) is 6.44. The number of aromatic nitrogens is 1. The summed E-state index contributed by atoms with van der Waals surface area (Å²) >= 11 is 3.36. The van der Waals surface area contributed by atoms with Gasteiger partial charge in [0, 0.05) is 15.7 Å². The van der Waals surface area contributed by atoms with Crippen LogP contribution in [0.25, 0.3) is 10.2 Å². The molecule has 0 fully saturated rings. The minimum atomic E-state index is -0.0237. The van der Waals surface area contributed by atoms with Crippen LogP contribution in [0.3, 0.4) is 0 Å². The number of benzene rings is 3. The molecule has 4 aromatic rings. The molecular formula is C26H26N2OS2. The van der Waals surface area contributed by atoms with E-state index in [-0.39, 0.29) is 5.91 Å². The maximum Gasteiger partial charge on any atom is 0.260 e. The maximum absolute atomic E-state index is 13.7. The van der Waals surface area contributed by atoms with Crippen LogP contribution in [0.5, 0.6) is 0 Å². The fraction of sp³-hybridized carbons (Fsp3) is 0.231. The molecule has 158 valence electrons. The molecule has 3 nitrogen and oxygen atoms in total. The Morgan fingerprint density at radius 1 is 1.00 bits per heavy atom. The quantitative estimate of drug-likeness (QED) is 0.292. The molecule has 1 amide bonds. The third kappa shape index (κ3) is 4.83. The van der Waals surface area contributed by atoms with Crippen LogP contribution >= 0.6 is 23.1 Å². The van der Waals surface area contributed by atoms with Gasteiger partial charge >= 0.3 is 0 Å². The zero-order valence-corrected chi connectivity index (χ0v) is 19.9. The summed E-state index contributed by atoms with van der Waals surface area (Å²) in [4.78, 5) is 21.5. The molecule has 0 atom stereocenters. The van der Waals surface area contributed by atoms with Crippen molar-refractivity contribution < 1.29 is 4.79 Å². The van der Waals surface area contributed by atoms with Gasteiger partial charge in [-0.05, 0) is 48.7 Å². The first kappa shape index (κ1) is 21.6. The van der Waals surface area contributed by atoms with Gasteiger partial charge in [0.15, 0.2) is 5.13 Å². The van der Waals surface area contributed by atoms with E-state index in [1.807, 2.05) is 41.3 Å². The van der Waals surface area contributed by atoms with E-state index in [0.717, 1.165) is 31.4 Å². The molecule has 0 radical (unpaired) electrons. The predicted octanol–water partition coefficient (Wildman–Crippen LogP) is 7.26. The van der Waals surface area contributed by atoms with Gasteiger partial charge in [0.05, 0.1) is 16.8 Å². The molecule has 3 aromatic carbocycles. The molecule has 0 saturated heterocycles. The van der Waals surface area contributed by atoms with Crippen molar-refractivity contribution in [1.82, 2.24) is 4.98 Å². The lowest BCUT2D eigenvalue weighted by Crippen LogP contribution is -2.30. The molecule has 4 rings (SSSR count). The largest absolute Gasteiger partial charge is 0.279 e. The molecular weight excluding hydrogens is 420 g/mol. The van der Waals surface area contributed by atoms with Gasteiger partial charge in [-0.25, -0.2) is 4.98 Å². The standard InChI is InChI=1S/C26H26N2OS2/c1-17(2)30-22-12-8-11-21(15-22)25(29)28(16-20-9-6-5-7-10-20)26-27-23-18(3)13-14-19(4)24(23)31-26/h5-15,17H,16H2,1-4H3. The summed E-state index contributed by atoms with van der Waals surface area (Å²) in [6.45, 7) is 8.97. The van der Waals surface area contributed by atoms with Crippen molar-refractivity contribution in [2.75, 3.05) is 4.90 Å². The summed E-state index contributed by atoms with van der Waals surface area (Å²) in [5.74, 6) is -0.0237. The van der Waals surface area contributed by atoms with Gasteiger partial charge in [0.2, 0.25) is 0 Å². The van der Waals surface area contributed by atoms with E-state index in [1.54, 1.807) is 23.1 Å². The molecule has 1 heterocycles. The number of thioether (sulfide) groups is 1. The van der Waals surface area contributed by atoms with Crippen LogP contribution in [0.2, 0.25) is 0 Å². The average molecular weight is 447 g/mol. The highest BCUT2D eigenvalue weighted by Crippen LogP contribution is 2.35. The van der Waals surface area contributed by atoms with Crippen LogP contribution in [0.15, 0.2) is 71.6 Å². The second-order valence-electron chi connectivity index (χ2n) is 7.94. The minimum Gasteiger partial charge on any atom is -0.279 e. The second kappa shape index (κ2) is 9.25. The molecule has 0 bridgehead atoms. The molecule has 0 unspecified atom stereocenters. The van der Waals surface area contributed by atoms with Gasteiger partial charge in [0.25, 0.3) is 5.91 Å². The molecule has 5 heteroatoms. The van der Waals surface area contributed by atoms with Crippen LogP contribution in [0, 0.1) is 13.8 Å². The highest BCUT2D eigenvalue weighted by atomic mass is 32.2. The highest BCUT2D eigenvalue weighted by Gasteiger charge is 2.23. The number of aryl methyl sites for hydroxylation is 2. The number of rotatable bonds is 6.